The minimum absolute atomic E-state index is 0.142. The average molecular weight is 241 g/mol. The Balaban J connectivity index is 2.81. The molecule has 0 saturated heterocycles. The number of nitrogens with zero attached hydrogens (tertiary/aromatic N) is 1. The van der Waals surface area contributed by atoms with Crippen LogP contribution in [0.25, 0.3) is 0 Å². The van der Waals surface area contributed by atoms with Crippen LogP contribution in [0.5, 0.6) is 0 Å². The molecule has 0 unspecified atom stereocenters. The summed E-state index contributed by atoms with van der Waals surface area (Å²) in [5, 5.41) is 25.4. The van der Waals surface area contributed by atoms with E-state index in [0.717, 1.165) is 12.1 Å². The Hall–Kier alpha value is -2.22. The highest BCUT2D eigenvalue weighted by Gasteiger charge is 2.25. The van der Waals surface area contributed by atoms with Gasteiger partial charge in [0.1, 0.15) is 5.69 Å². The number of hydrogen-bond donors (Lipinski definition) is 4. The fourth-order valence-electron chi connectivity index (χ4n) is 1.07. The molecule has 0 spiro atoms. The van der Waals surface area contributed by atoms with Crippen molar-refractivity contribution >= 4 is 11.9 Å². The summed E-state index contributed by atoms with van der Waals surface area (Å²) in [6.45, 7) is 1.24. The third-order valence-electron chi connectivity index (χ3n) is 1.95. The van der Waals surface area contributed by atoms with Crippen LogP contribution >= 0.6 is 0 Å². The van der Waals surface area contributed by atoms with Crippen LogP contribution in [-0.2, 0) is 4.79 Å². The van der Waals surface area contributed by atoms with Gasteiger partial charge in [0.05, 0.1) is 6.10 Å². The predicted molar refractivity (Wildman–Crippen MR) is 55.4 cm³/mol. The maximum Gasteiger partial charge on any atom is 0.328 e. The highest BCUT2D eigenvalue weighted by atomic mass is 16.4. The van der Waals surface area contributed by atoms with E-state index in [-0.39, 0.29) is 5.69 Å². The Morgan fingerprint density at radius 3 is 2.53 bits per heavy atom. The highest BCUT2D eigenvalue weighted by Crippen LogP contribution is 1.96. The number of nitrogens with one attached hydrogen (secondary N) is 2. The summed E-state index contributed by atoms with van der Waals surface area (Å²) >= 11 is 0. The summed E-state index contributed by atoms with van der Waals surface area (Å²) in [4.78, 5) is 32.9. The standard InChI is InChI=1S/C9H11N3O5/c1-4(13)7(9(16)17)10-8(15)5-2-3-6(14)12-11-5/h2-4,7,13H,1H3,(H,10,15)(H,12,14)(H,16,17)/t4-,7+/m1/s1. The maximum atomic E-state index is 11.5. The summed E-state index contributed by atoms with van der Waals surface area (Å²) in [7, 11) is 0. The summed E-state index contributed by atoms with van der Waals surface area (Å²) < 4.78 is 0. The van der Waals surface area contributed by atoms with Gasteiger partial charge in [0.2, 0.25) is 0 Å². The molecule has 0 aliphatic heterocycles. The largest absolute Gasteiger partial charge is 0.480 e. The number of aliphatic hydroxyl groups excluding tert-OH is 1. The minimum atomic E-state index is -1.43. The van der Waals surface area contributed by atoms with Crippen molar-refractivity contribution in [2.24, 2.45) is 0 Å². The van der Waals surface area contributed by atoms with Crippen molar-refractivity contribution in [3.8, 4) is 0 Å². The van der Waals surface area contributed by atoms with Gasteiger partial charge in [0.15, 0.2) is 6.04 Å². The van der Waals surface area contributed by atoms with Gasteiger partial charge in [0.25, 0.3) is 11.5 Å². The predicted octanol–water partition coefficient (Wildman–Crippen LogP) is -1.67. The lowest BCUT2D eigenvalue weighted by molar-refractivity contribution is -0.141. The molecule has 0 saturated carbocycles. The number of aliphatic hydroxyl groups is 1. The van der Waals surface area contributed by atoms with Crippen molar-refractivity contribution in [1.82, 2.24) is 15.5 Å². The molecule has 1 aromatic heterocycles. The van der Waals surface area contributed by atoms with E-state index < -0.39 is 29.6 Å². The first-order valence-electron chi connectivity index (χ1n) is 4.69. The van der Waals surface area contributed by atoms with Gasteiger partial charge in [-0.05, 0) is 13.0 Å². The van der Waals surface area contributed by atoms with Crippen molar-refractivity contribution in [2.45, 2.75) is 19.1 Å². The molecule has 8 nitrogen and oxygen atoms in total. The van der Waals surface area contributed by atoms with Gasteiger partial charge >= 0.3 is 5.97 Å². The third kappa shape index (κ3) is 3.38. The lowest BCUT2D eigenvalue weighted by atomic mass is 10.2. The smallest absolute Gasteiger partial charge is 0.328 e. The van der Waals surface area contributed by atoms with Crippen LogP contribution in [0.2, 0.25) is 0 Å². The van der Waals surface area contributed by atoms with Crippen LogP contribution in [0.4, 0.5) is 0 Å². The Bertz CT molecular complexity index is 461. The number of carboxylic acids is 1. The molecule has 1 aromatic rings. The number of aromatic nitrogens is 2. The first-order chi connectivity index (χ1) is 7.91. The third-order valence-corrected chi connectivity index (χ3v) is 1.95. The zero-order valence-corrected chi connectivity index (χ0v) is 8.88. The molecule has 0 bridgehead atoms. The van der Waals surface area contributed by atoms with E-state index in [0.29, 0.717) is 0 Å². The first-order valence-corrected chi connectivity index (χ1v) is 4.69. The van der Waals surface area contributed by atoms with E-state index >= 15 is 0 Å². The molecular formula is C9H11N3O5. The molecule has 4 N–H and O–H groups in total. The summed E-state index contributed by atoms with van der Waals surface area (Å²) in [5.41, 5.74) is -0.622. The van der Waals surface area contributed by atoms with Gasteiger partial charge in [-0.1, -0.05) is 0 Å². The van der Waals surface area contributed by atoms with Gasteiger partial charge in [-0.15, -0.1) is 0 Å². The molecule has 1 rings (SSSR count). The molecule has 0 aliphatic rings. The second kappa shape index (κ2) is 5.21. The van der Waals surface area contributed by atoms with Crippen molar-refractivity contribution < 1.29 is 19.8 Å². The normalized spacial score (nSPS) is 13.8. The van der Waals surface area contributed by atoms with E-state index in [9.17, 15) is 14.4 Å². The number of carbonyl (C=O) groups is 2. The Morgan fingerprint density at radius 2 is 2.12 bits per heavy atom. The monoisotopic (exact) mass is 241 g/mol. The zero-order valence-electron chi connectivity index (χ0n) is 8.88. The molecule has 0 radical (unpaired) electrons. The number of rotatable bonds is 4. The van der Waals surface area contributed by atoms with Crippen molar-refractivity contribution in [1.29, 1.82) is 0 Å². The van der Waals surface area contributed by atoms with Gasteiger partial charge in [-0.25, -0.2) is 9.89 Å². The lowest BCUT2D eigenvalue weighted by Crippen LogP contribution is -2.47. The van der Waals surface area contributed by atoms with E-state index in [1.807, 2.05) is 5.10 Å². The van der Waals surface area contributed by atoms with E-state index in [1.165, 1.54) is 6.92 Å². The number of H-pyrrole nitrogens is 1. The number of carbonyl (C=O) groups excluding carboxylic acids is 1. The number of carboxylic acid groups (broad SMARTS) is 1. The topological polar surface area (TPSA) is 132 Å². The number of aliphatic carboxylic acids is 1. The lowest BCUT2D eigenvalue weighted by Gasteiger charge is -2.16. The van der Waals surface area contributed by atoms with Gasteiger partial charge in [-0.2, -0.15) is 5.10 Å². The van der Waals surface area contributed by atoms with Crippen molar-refractivity contribution in [2.75, 3.05) is 0 Å². The average Bonchev–Trinajstić information content (AvgIpc) is 2.25. The van der Waals surface area contributed by atoms with Gasteiger partial charge in [0, 0.05) is 6.07 Å². The number of amides is 1. The maximum absolute atomic E-state index is 11.5. The number of aromatic amines is 1. The summed E-state index contributed by atoms with van der Waals surface area (Å²) in [5.74, 6) is -2.16. The number of hydrogen-bond acceptors (Lipinski definition) is 5. The van der Waals surface area contributed by atoms with E-state index in [4.69, 9.17) is 10.2 Å². The summed E-state index contributed by atoms with van der Waals surface area (Å²) in [6.07, 6.45) is -1.25. The quantitative estimate of drug-likeness (QED) is 0.498. The summed E-state index contributed by atoms with van der Waals surface area (Å²) in [6, 6.07) is 0.797. The molecule has 17 heavy (non-hydrogen) atoms. The first kappa shape index (κ1) is 12.8. The van der Waals surface area contributed by atoms with Gasteiger partial charge in [-0.3, -0.25) is 9.59 Å². The van der Waals surface area contributed by atoms with Crippen LogP contribution < -0.4 is 10.9 Å². The molecule has 92 valence electrons. The van der Waals surface area contributed by atoms with E-state index in [1.54, 1.807) is 0 Å². The van der Waals surface area contributed by atoms with Crippen LogP contribution in [0, 0.1) is 0 Å². The molecule has 2 atom stereocenters. The molecule has 1 amide bonds. The SMILES string of the molecule is C[C@@H](O)[C@H](NC(=O)c1ccc(=O)[nH]n1)C(=O)O. The zero-order chi connectivity index (χ0) is 13.0. The molecule has 0 aliphatic carbocycles. The fourth-order valence-corrected chi connectivity index (χ4v) is 1.07. The second-order valence-electron chi connectivity index (χ2n) is 3.34. The molecule has 8 heteroatoms. The molecule has 1 heterocycles. The van der Waals surface area contributed by atoms with E-state index in [2.05, 4.69) is 10.4 Å². The fraction of sp³-hybridized carbons (Fsp3) is 0.333. The van der Waals surface area contributed by atoms with Gasteiger partial charge < -0.3 is 15.5 Å². The Kier molecular flexibility index (Phi) is 3.94. The second-order valence-corrected chi connectivity index (χ2v) is 3.34. The van der Waals surface area contributed by atoms with Crippen LogP contribution in [0.1, 0.15) is 17.4 Å². The van der Waals surface area contributed by atoms with Crippen LogP contribution in [0.15, 0.2) is 16.9 Å². The van der Waals surface area contributed by atoms with Crippen molar-refractivity contribution in [3.05, 3.63) is 28.2 Å². The molecule has 0 aromatic carbocycles. The highest BCUT2D eigenvalue weighted by molar-refractivity contribution is 5.94. The Labute approximate surface area is 95.3 Å². The molecule has 0 fully saturated rings. The minimum Gasteiger partial charge on any atom is -0.480 e. The Morgan fingerprint density at radius 1 is 1.47 bits per heavy atom. The van der Waals surface area contributed by atoms with Crippen LogP contribution in [-0.4, -0.2) is 44.4 Å². The van der Waals surface area contributed by atoms with Crippen LogP contribution in [0.3, 0.4) is 0 Å². The van der Waals surface area contributed by atoms with Crippen molar-refractivity contribution in [3.63, 3.8) is 0 Å². The molecular weight excluding hydrogens is 230 g/mol.